The van der Waals surface area contributed by atoms with Gasteiger partial charge in [-0.3, -0.25) is 39.0 Å². The molecule has 3 saturated heterocycles. The first-order valence-electron chi connectivity index (χ1n) is 28.0. The summed E-state index contributed by atoms with van der Waals surface area (Å²) in [5.41, 5.74) is 10.2. The number of carbonyl (C=O) groups is 4. The van der Waals surface area contributed by atoms with Crippen LogP contribution < -0.4 is 20.7 Å². The summed E-state index contributed by atoms with van der Waals surface area (Å²) in [4.78, 5) is 83.2. The largest absolute Gasteiger partial charge is 0.497 e. The van der Waals surface area contributed by atoms with Crippen molar-refractivity contribution < 1.29 is 33.1 Å². The number of aromatic nitrogens is 4. The maximum Gasteiger partial charge on any atom is 0.420 e. The molecule has 0 spiro atoms. The average molecular weight is 1090 g/mol. The second-order valence-electron chi connectivity index (χ2n) is 22.8. The maximum atomic E-state index is 13.8. The predicted octanol–water partition coefficient (Wildman–Crippen LogP) is 10.8. The fourth-order valence-electron chi connectivity index (χ4n) is 11.8. The van der Waals surface area contributed by atoms with E-state index in [4.69, 9.17) is 18.9 Å². The van der Waals surface area contributed by atoms with Crippen molar-refractivity contribution in [3.63, 3.8) is 0 Å². The molecular formula is C64H69N9O8. The van der Waals surface area contributed by atoms with E-state index in [0.717, 1.165) is 97.4 Å². The Morgan fingerprint density at radius 3 is 2.04 bits per heavy atom. The number of imide groups is 1. The highest BCUT2D eigenvalue weighted by Crippen LogP contribution is 2.35. The van der Waals surface area contributed by atoms with E-state index in [2.05, 4.69) is 62.0 Å². The molecule has 8 aromatic rings. The standard InChI is InChI=1S/C64H69N9O8/c1-64(2,3)81-62(77)67-57-23-16-48(37-66-57)52-25-30-65-59-53(52)36-50(68(59)4)40-71-33-28-45(29-34-71)43-10-12-47(13-11-43)60(75)69(5)49-17-14-44(15-18-49)46-26-31-70(32-27-46)38-42-9-21-54-56(35-42)80-63(78)73(54)55-22-24-58(74)72(61(55)76)39-41-7-19-51(79-6)20-8-41/h7-21,23,25,30,35-37,45-46,55H,22,24,26-29,31-34,38-40H2,1-6H3,(H,66,67,77). The number of amides is 4. The number of anilines is 2. The zero-order valence-electron chi connectivity index (χ0n) is 46.9. The van der Waals surface area contributed by atoms with Crippen molar-refractivity contribution in [2.24, 2.45) is 7.05 Å². The van der Waals surface area contributed by atoms with E-state index in [1.54, 1.807) is 36.4 Å². The number of nitrogens with one attached hydrogen (secondary N) is 1. The van der Waals surface area contributed by atoms with Gasteiger partial charge in [-0.1, -0.05) is 42.5 Å². The number of piperidine rings is 3. The number of carbonyl (C=O) groups excluding carboxylic acids is 4. The zero-order valence-corrected chi connectivity index (χ0v) is 46.9. The molecule has 4 amide bonds. The lowest BCUT2D eigenvalue weighted by atomic mass is 9.88. The molecule has 0 aliphatic carbocycles. The quantitative estimate of drug-likeness (QED) is 0.102. The smallest absolute Gasteiger partial charge is 0.420 e. The van der Waals surface area contributed by atoms with Gasteiger partial charge in [-0.05, 0) is 192 Å². The molecular weight excluding hydrogens is 1020 g/mol. The van der Waals surface area contributed by atoms with Crippen LogP contribution in [0.3, 0.4) is 0 Å². The molecule has 1 N–H and O–H groups in total. The molecule has 3 aliphatic heterocycles. The summed E-state index contributed by atoms with van der Waals surface area (Å²) < 4.78 is 19.9. The summed E-state index contributed by atoms with van der Waals surface area (Å²) in [6, 6.07) is 36.7. The lowest BCUT2D eigenvalue weighted by molar-refractivity contribution is -0.151. The van der Waals surface area contributed by atoms with Crippen molar-refractivity contribution >= 4 is 57.5 Å². The Morgan fingerprint density at radius 2 is 1.40 bits per heavy atom. The van der Waals surface area contributed by atoms with Crippen molar-refractivity contribution in [3.05, 3.63) is 172 Å². The van der Waals surface area contributed by atoms with E-state index in [1.807, 2.05) is 101 Å². The van der Waals surface area contributed by atoms with Gasteiger partial charge >= 0.3 is 11.8 Å². The number of methoxy groups -OCH3 is 1. The molecule has 418 valence electrons. The number of pyridine rings is 2. The van der Waals surface area contributed by atoms with Crippen LogP contribution in [0.15, 0.2) is 137 Å². The normalized spacial score (nSPS) is 17.0. The molecule has 1 atom stereocenters. The number of benzene rings is 4. The fraction of sp³-hybridized carbons (Fsp3) is 0.359. The van der Waals surface area contributed by atoms with E-state index in [-0.39, 0.29) is 31.2 Å². The van der Waals surface area contributed by atoms with Crippen LogP contribution in [0.25, 0.3) is 33.3 Å². The van der Waals surface area contributed by atoms with Gasteiger partial charge in [0.2, 0.25) is 5.91 Å². The van der Waals surface area contributed by atoms with Gasteiger partial charge in [0, 0.05) is 73.9 Å². The first-order chi connectivity index (χ1) is 39.0. The summed E-state index contributed by atoms with van der Waals surface area (Å²) in [6.45, 7) is 10.8. The maximum absolute atomic E-state index is 13.8. The van der Waals surface area contributed by atoms with Gasteiger partial charge in [0.25, 0.3) is 11.8 Å². The Hall–Kier alpha value is -8.41. The van der Waals surface area contributed by atoms with Gasteiger partial charge in [0.05, 0.1) is 19.2 Å². The monoisotopic (exact) mass is 1090 g/mol. The third kappa shape index (κ3) is 11.9. The number of nitrogens with zero attached hydrogens (tertiary/aromatic N) is 8. The second-order valence-corrected chi connectivity index (χ2v) is 22.8. The Bertz CT molecular complexity index is 3660. The first-order valence-corrected chi connectivity index (χ1v) is 28.0. The van der Waals surface area contributed by atoms with Crippen LogP contribution in [0.1, 0.15) is 115 Å². The van der Waals surface area contributed by atoms with Crippen LogP contribution in [-0.4, -0.2) is 104 Å². The van der Waals surface area contributed by atoms with Crippen molar-refractivity contribution in [3.8, 4) is 16.9 Å². The molecule has 0 radical (unpaired) electrons. The fourth-order valence-corrected chi connectivity index (χ4v) is 11.8. The average Bonchev–Trinajstić information content (AvgIpc) is 4.24. The minimum absolute atomic E-state index is 0.0473. The number of likely N-dealkylation sites (tertiary alicyclic amines) is 3. The highest BCUT2D eigenvalue weighted by molar-refractivity contribution is 6.06. The summed E-state index contributed by atoms with van der Waals surface area (Å²) >= 11 is 0. The molecule has 17 heteroatoms. The SMILES string of the molecule is COc1ccc(CN2C(=O)CCC(n3c(=O)oc4cc(CN5CCC(c6ccc(N(C)C(=O)c7ccc(C8CCN(Cc9cc%10c(-c%11ccc(NC(=O)OC(C)(C)C)nc%11)ccnc%10n9C)CC8)cc7)cc6)CC5)ccc43)C2=O)cc1. The third-order valence-electron chi connectivity index (χ3n) is 16.4. The third-order valence-corrected chi connectivity index (χ3v) is 16.4. The van der Waals surface area contributed by atoms with E-state index in [9.17, 15) is 24.0 Å². The van der Waals surface area contributed by atoms with E-state index >= 15 is 0 Å². The van der Waals surface area contributed by atoms with Gasteiger partial charge in [0.1, 0.15) is 28.9 Å². The molecule has 3 fully saturated rings. The molecule has 4 aromatic carbocycles. The van der Waals surface area contributed by atoms with Gasteiger partial charge in [-0.25, -0.2) is 19.6 Å². The lowest BCUT2D eigenvalue weighted by Crippen LogP contribution is -2.46. The number of fused-ring (bicyclic) bond motifs is 2. The van der Waals surface area contributed by atoms with E-state index < -0.39 is 29.4 Å². The Morgan fingerprint density at radius 1 is 0.741 bits per heavy atom. The van der Waals surface area contributed by atoms with Crippen molar-refractivity contribution in [1.82, 2.24) is 33.8 Å². The molecule has 1 unspecified atom stereocenters. The van der Waals surface area contributed by atoms with Crippen LogP contribution in [0.4, 0.5) is 16.3 Å². The minimum Gasteiger partial charge on any atom is -0.497 e. The van der Waals surface area contributed by atoms with Crippen LogP contribution in [0.5, 0.6) is 5.75 Å². The zero-order chi connectivity index (χ0) is 56.5. The summed E-state index contributed by atoms with van der Waals surface area (Å²) in [7, 11) is 5.49. The van der Waals surface area contributed by atoms with Gasteiger partial charge < -0.3 is 23.4 Å². The Labute approximate surface area is 471 Å². The molecule has 4 aromatic heterocycles. The predicted molar refractivity (Wildman–Crippen MR) is 311 cm³/mol. The molecule has 7 heterocycles. The molecule has 11 rings (SSSR count). The van der Waals surface area contributed by atoms with Gasteiger partial charge in [-0.2, -0.15) is 0 Å². The van der Waals surface area contributed by atoms with Crippen LogP contribution in [-0.2, 0) is 41.0 Å². The summed E-state index contributed by atoms with van der Waals surface area (Å²) in [6.07, 6.45) is 7.45. The topological polar surface area (TPSA) is 178 Å². The summed E-state index contributed by atoms with van der Waals surface area (Å²) in [5.74, 6) is 0.572. The minimum atomic E-state index is -0.838. The van der Waals surface area contributed by atoms with Crippen molar-refractivity contribution in [1.29, 1.82) is 0 Å². The summed E-state index contributed by atoms with van der Waals surface area (Å²) in [5, 5.41) is 3.76. The Kier molecular flexibility index (Phi) is 15.5. The van der Waals surface area contributed by atoms with Crippen LogP contribution in [0.2, 0.25) is 0 Å². The molecule has 0 bridgehead atoms. The van der Waals surface area contributed by atoms with E-state index in [1.165, 1.54) is 26.3 Å². The highest BCUT2D eigenvalue weighted by Gasteiger charge is 2.38. The van der Waals surface area contributed by atoms with Crippen LogP contribution >= 0.6 is 0 Å². The molecule has 17 nitrogen and oxygen atoms in total. The number of hydrogen-bond donors (Lipinski definition) is 1. The molecule has 0 saturated carbocycles. The van der Waals surface area contributed by atoms with Gasteiger partial charge in [0.15, 0.2) is 5.58 Å². The van der Waals surface area contributed by atoms with Crippen molar-refractivity contribution in [2.45, 2.75) is 102 Å². The second kappa shape index (κ2) is 23.0. The first kappa shape index (κ1) is 54.5. The number of aryl methyl sites for hydroxylation is 1. The molecule has 81 heavy (non-hydrogen) atoms. The van der Waals surface area contributed by atoms with Crippen LogP contribution in [0, 0.1) is 0 Å². The number of hydrogen-bond acceptors (Lipinski definition) is 12. The van der Waals surface area contributed by atoms with Gasteiger partial charge in [-0.15, -0.1) is 0 Å². The Balaban J connectivity index is 0.641. The number of oxazole rings is 1. The molecule has 3 aliphatic rings. The number of rotatable bonds is 14. The lowest BCUT2D eigenvalue weighted by Gasteiger charge is -2.32. The highest BCUT2D eigenvalue weighted by atomic mass is 16.6. The van der Waals surface area contributed by atoms with Crippen molar-refractivity contribution in [2.75, 3.05) is 50.6 Å². The number of ether oxygens (including phenoxy) is 2. The van der Waals surface area contributed by atoms with E-state index in [0.29, 0.717) is 46.6 Å².